The van der Waals surface area contributed by atoms with Gasteiger partial charge in [0.25, 0.3) is 0 Å². The van der Waals surface area contributed by atoms with Gasteiger partial charge in [0.15, 0.2) is 0 Å². The first-order chi connectivity index (χ1) is 11.7. The molecule has 0 unspecified atom stereocenters. The minimum atomic E-state index is 0.0416. The Kier molecular flexibility index (Phi) is 4.11. The Morgan fingerprint density at radius 1 is 1.00 bits per heavy atom. The van der Waals surface area contributed by atoms with Gasteiger partial charge in [-0.15, -0.1) is 0 Å². The van der Waals surface area contributed by atoms with Crippen LogP contribution in [0.15, 0.2) is 57.0 Å². The molecule has 2 aromatic heterocycles. The highest BCUT2D eigenvalue weighted by Gasteiger charge is 2.22. The van der Waals surface area contributed by atoms with Gasteiger partial charge < -0.3 is 15.9 Å². The smallest absolute Gasteiger partial charge is 0.143 e. The number of nitrogens with zero attached hydrogens (tertiary/aromatic N) is 3. The molecule has 2 heterocycles. The number of nitrogen functional groups attached to an aromatic ring is 2. The summed E-state index contributed by atoms with van der Waals surface area (Å²) in [5.41, 5.74) is 13.1. The summed E-state index contributed by atoms with van der Waals surface area (Å²) in [7, 11) is 0. The van der Waals surface area contributed by atoms with E-state index >= 15 is 0 Å². The molecule has 116 valence electrons. The summed E-state index contributed by atoms with van der Waals surface area (Å²) in [5, 5.41) is 19.4. The van der Waals surface area contributed by atoms with E-state index in [4.69, 9.17) is 15.9 Å². The first-order valence-corrected chi connectivity index (χ1v) is 7.67. The molecule has 6 nitrogen and oxygen atoms in total. The van der Waals surface area contributed by atoms with Crippen molar-refractivity contribution >= 4 is 23.3 Å². The quantitative estimate of drug-likeness (QED) is 0.703. The summed E-state index contributed by atoms with van der Waals surface area (Å²) in [6, 6.07) is 14.7. The molecule has 3 rings (SSSR count). The highest BCUT2D eigenvalue weighted by molar-refractivity contribution is 7.99. The minimum Gasteiger partial charge on any atom is -0.464 e. The predicted octanol–water partition coefficient (Wildman–Crippen LogP) is 3.40. The summed E-state index contributed by atoms with van der Waals surface area (Å²) in [6.45, 7) is 0. The fourth-order valence-electron chi connectivity index (χ4n) is 2.22. The normalized spacial score (nSPS) is 10.1. The average molecular weight is 333 g/mol. The Labute approximate surface area is 142 Å². The number of nitrogens with two attached hydrogens (primary N) is 2. The van der Waals surface area contributed by atoms with E-state index in [2.05, 4.69) is 11.1 Å². The first kappa shape index (κ1) is 15.5. The minimum absolute atomic E-state index is 0.0416. The molecule has 0 spiro atoms. The van der Waals surface area contributed by atoms with Gasteiger partial charge in [0.05, 0.1) is 17.4 Å². The first-order valence-electron chi connectivity index (χ1n) is 6.85. The number of rotatable bonds is 3. The van der Waals surface area contributed by atoms with Crippen LogP contribution in [0.4, 0.5) is 11.5 Å². The monoisotopic (exact) mass is 333 g/mol. The Hall–Kier alpha value is -3.42. The molecule has 0 saturated heterocycles. The van der Waals surface area contributed by atoms with Crippen LogP contribution in [-0.2, 0) is 0 Å². The van der Waals surface area contributed by atoms with Gasteiger partial charge in [-0.05, 0) is 24.3 Å². The lowest BCUT2D eigenvalue weighted by Gasteiger charge is -2.11. The predicted molar refractivity (Wildman–Crippen MR) is 90.8 cm³/mol. The van der Waals surface area contributed by atoms with Crippen molar-refractivity contribution in [3.63, 3.8) is 0 Å². The highest BCUT2D eigenvalue weighted by atomic mass is 32.2. The summed E-state index contributed by atoms with van der Waals surface area (Å²) in [6.07, 6.45) is 1.47. The van der Waals surface area contributed by atoms with Crippen molar-refractivity contribution in [2.45, 2.75) is 9.92 Å². The van der Waals surface area contributed by atoms with E-state index in [0.717, 1.165) is 4.90 Å². The van der Waals surface area contributed by atoms with Crippen molar-refractivity contribution in [3.05, 3.63) is 53.8 Å². The van der Waals surface area contributed by atoms with Crippen molar-refractivity contribution in [2.24, 2.45) is 0 Å². The number of benzene rings is 1. The third kappa shape index (κ3) is 2.65. The second-order valence-electron chi connectivity index (χ2n) is 4.77. The van der Waals surface area contributed by atoms with Gasteiger partial charge in [-0.2, -0.15) is 10.5 Å². The number of furan rings is 1. The molecule has 0 saturated carbocycles. The standard InChI is InChI=1S/C17H11N5OS/c18-8-10-15(13-5-3-7-23-13)11(9-19)17(22-16(10)21)24-14-6-2-1-4-12(14)20/h1-7H,20H2,(H2,21,22). The zero-order chi connectivity index (χ0) is 17.1. The fourth-order valence-corrected chi connectivity index (χ4v) is 3.15. The van der Waals surface area contributed by atoms with Crippen molar-refractivity contribution in [2.75, 3.05) is 11.5 Å². The Morgan fingerprint density at radius 3 is 2.38 bits per heavy atom. The number of anilines is 2. The van der Waals surface area contributed by atoms with Crippen LogP contribution in [0.5, 0.6) is 0 Å². The van der Waals surface area contributed by atoms with E-state index in [0.29, 0.717) is 22.0 Å². The summed E-state index contributed by atoms with van der Waals surface area (Å²) >= 11 is 1.22. The van der Waals surface area contributed by atoms with Gasteiger partial charge in [0.2, 0.25) is 0 Å². The van der Waals surface area contributed by atoms with Gasteiger partial charge in [-0.3, -0.25) is 0 Å². The van der Waals surface area contributed by atoms with Crippen LogP contribution in [-0.4, -0.2) is 4.98 Å². The molecule has 0 bridgehead atoms. The summed E-state index contributed by atoms with van der Waals surface area (Å²) < 4.78 is 5.37. The van der Waals surface area contributed by atoms with Gasteiger partial charge in [0, 0.05) is 10.6 Å². The summed E-state index contributed by atoms with van der Waals surface area (Å²) in [5.74, 6) is 0.431. The number of nitriles is 2. The SMILES string of the molecule is N#Cc1c(N)nc(Sc2ccccc2N)c(C#N)c1-c1ccco1. The third-order valence-electron chi connectivity index (χ3n) is 3.31. The largest absolute Gasteiger partial charge is 0.464 e. The zero-order valence-electron chi connectivity index (χ0n) is 12.4. The summed E-state index contributed by atoms with van der Waals surface area (Å²) in [4.78, 5) is 4.97. The number of pyridine rings is 1. The van der Waals surface area contributed by atoms with E-state index < -0.39 is 0 Å². The molecular weight excluding hydrogens is 322 g/mol. The van der Waals surface area contributed by atoms with E-state index in [1.165, 1.54) is 18.0 Å². The van der Waals surface area contributed by atoms with Crippen LogP contribution in [0.1, 0.15) is 11.1 Å². The molecule has 0 radical (unpaired) electrons. The lowest BCUT2D eigenvalue weighted by atomic mass is 10.0. The van der Waals surface area contributed by atoms with Gasteiger partial charge in [0.1, 0.15) is 34.3 Å². The van der Waals surface area contributed by atoms with Crippen molar-refractivity contribution < 1.29 is 4.42 Å². The highest BCUT2D eigenvalue weighted by Crippen LogP contribution is 2.39. The molecule has 0 aliphatic heterocycles. The maximum absolute atomic E-state index is 9.63. The molecule has 4 N–H and O–H groups in total. The molecular formula is C17H11N5OS. The van der Waals surface area contributed by atoms with E-state index in [1.54, 1.807) is 18.2 Å². The van der Waals surface area contributed by atoms with Gasteiger partial charge in [-0.25, -0.2) is 4.98 Å². The number of aromatic nitrogens is 1. The van der Waals surface area contributed by atoms with E-state index in [-0.39, 0.29) is 16.9 Å². The maximum Gasteiger partial charge on any atom is 0.143 e. The number of hydrogen-bond donors (Lipinski definition) is 2. The van der Waals surface area contributed by atoms with Crippen molar-refractivity contribution in [1.29, 1.82) is 10.5 Å². The van der Waals surface area contributed by atoms with Crippen LogP contribution in [0.2, 0.25) is 0 Å². The molecule has 0 atom stereocenters. The lowest BCUT2D eigenvalue weighted by Crippen LogP contribution is -2.03. The van der Waals surface area contributed by atoms with Crippen molar-refractivity contribution in [3.8, 4) is 23.5 Å². The Morgan fingerprint density at radius 2 is 1.75 bits per heavy atom. The fraction of sp³-hybridized carbons (Fsp3) is 0. The maximum atomic E-state index is 9.63. The van der Waals surface area contributed by atoms with Gasteiger partial charge >= 0.3 is 0 Å². The number of hydrogen-bond acceptors (Lipinski definition) is 7. The second-order valence-corrected chi connectivity index (χ2v) is 5.80. The lowest BCUT2D eigenvalue weighted by molar-refractivity contribution is 0.581. The van der Waals surface area contributed by atoms with Crippen LogP contribution in [0, 0.1) is 22.7 Å². The molecule has 24 heavy (non-hydrogen) atoms. The van der Waals surface area contributed by atoms with Crippen LogP contribution >= 0.6 is 11.8 Å². The molecule has 7 heteroatoms. The zero-order valence-corrected chi connectivity index (χ0v) is 13.2. The van der Waals surface area contributed by atoms with Crippen LogP contribution < -0.4 is 11.5 Å². The van der Waals surface area contributed by atoms with Crippen LogP contribution in [0.3, 0.4) is 0 Å². The van der Waals surface area contributed by atoms with Crippen LogP contribution in [0.25, 0.3) is 11.3 Å². The Balaban J connectivity index is 2.24. The molecule has 1 aromatic carbocycles. The molecule has 0 aliphatic rings. The van der Waals surface area contributed by atoms with E-state index in [9.17, 15) is 10.5 Å². The molecule has 0 amide bonds. The number of para-hydroxylation sites is 1. The van der Waals surface area contributed by atoms with Gasteiger partial charge in [-0.1, -0.05) is 23.9 Å². The van der Waals surface area contributed by atoms with E-state index in [1.807, 2.05) is 24.3 Å². The molecule has 0 aliphatic carbocycles. The molecule has 3 aromatic rings. The average Bonchev–Trinajstić information content (AvgIpc) is 3.10. The molecule has 0 fully saturated rings. The Bertz CT molecular complexity index is 983. The van der Waals surface area contributed by atoms with Crippen molar-refractivity contribution in [1.82, 2.24) is 4.98 Å². The second kappa shape index (κ2) is 6.37. The topological polar surface area (TPSA) is 126 Å². The third-order valence-corrected chi connectivity index (χ3v) is 4.39.